The standard InChI is InChI=1S/C29H43N5O11S/c1-6-8-14-44-25(36)17-30-26(37)21(18-46-23-12-10-19(33(40)41)16-22(23)34(42)43)31-24(35)13-11-20(27(38)45-15-9-7-2)32-28(39)29(3,4)5/h10,12,16,20-21H,6-9,11,13-15,17-18H2,1-5H3,(H,30,37)(H,31,35)(H,32,39)/t20-,21-/m0/s1. The molecule has 0 aliphatic heterocycles. The second-order valence-electron chi connectivity index (χ2n) is 11.2. The van der Waals surface area contributed by atoms with Crippen LogP contribution in [0.25, 0.3) is 0 Å². The Labute approximate surface area is 271 Å². The van der Waals surface area contributed by atoms with E-state index in [1.54, 1.807) is 20.8 Å². The predicted molar refractivity (Wildman–Crippen MR) is 168 cm³/mol. The van der Waals surface area contributed by atoms with E-state index < -0.39 is 74.9 Å². The molecule has 3 amide bonds. The summed E-state index contributed by atoms with van der Waals surface area (Å²) in [4.78, 5) is 84.4. The summed E-state index contributed by atoms with van der Waals surface area (Å²) in [5.74, 6) is -3.60. The number of nitro benzene ring substituents is 2. The van der Waals surface area contributed by atoms with Gasteiger partial charge in [0.05, 0.1) is 34.0 Å². The summed E-state index contributed by atoms with van der Waals surface area (Å²) < 4.78 is 10.3. The molecule has 2 atom stereocenters. The number of rotatable bonds is 20. The van der Waals surface area contributed by atoms with Gasteiger partial charge in [-0.2, -0.15) is 0 Å². The van der Waals surface area contributed by atoms with Crippen molar-refractivity contribution in [1.82, 2.24) is 16.0 Å². The van der Waals surface area contributed by atoms with Gasteiger partial charge < -0.3 is 25.4 Å². The van der Waals surface area contributed by atoms with E-state index in [1.807, 2.05) is 13.8 Å². The van der Waals surface area contributed by atoms with Crippen LogP contribution in [0.2, 0.25) is 0 Å². The molecule has 0 spiro atoms. The summed E-state index contributed by atoms with van der Waals surface area (Å²) in [5, 5.41) is 30.1. The molecule has 1 rings (SSSR count). The van der Waals surface area contributed by atoms with E-state index in [1.165, 1.54) is 0 Å². The van der Waals surface area contributed by atoms with Gasteiger partial charge in [0.15, 0.2) is 0 Å². The first kappa shape index (κ1) is 39.7. The fourth-order valence-corrected chi connectivity index (χ4v) is 4.51. The summed E-state index contributed by atoms with van der Waals surface area (Å²) in [7, 11) is 0. The molecule has 17 heteroatoms. The fourth-order valence-electron chi connectivity index (χ4n) is 3.49. The summed E-state index contributed by atoms with van der Waals surface area (Å²) in [6.45, 7) is 8.60. The zero-order valence-corrected chi connectivity index (χ0v) is 27.6. The summed E-state index contributed by atoms with van der Waals surface area (Å²) in [6, 6.07) is 0.552. The number of esters is 2. The minimum absolute atomic E-state index is 0.00130. The van der Waals surface area contributed by atoms with Gasteiger partial charge in [-0.3, -0.25) is 39.4 Å². The average Bonchev–Trinajstić information content (AvgIpc) is 2.99. The van der Waals surface area contributed by atoms with Crippen molar-refractivity contribution in [2.24, 2.45) is 5.41 Å². The lowest BCUT2D eigenvalue weighted by Gasteiger charge is -2.23. The molecule has 3 N–H and O–H groups in total. The van der Waals surface area contributed by atoms with Crippen LogP contribution in [-0.4, -0.2) is 77.1 Å². The third-order valence-electron chi connectivity index (χ3n) is 6.25. The first-order valence-corrected chi connectivity index (χ1v) is 15.8. The van der Waals surface area contributed by atoms with Crippen molar-refractivity contribution in [2.75, 3.05) is 25.5 Å². The molecule has 0 unspecified atom stereocenters. The molecule has 0 heterocycles. The van der Waals surface area contributed by atoms with E-state index >= 15 is 0 Å². The second-order valence-corrected chi connectivity index (χ2v) is 12.3. The van der Waals surface area contributed by atoms with E-state index in [-0.39, 0.29) is 36.7 Å². The Morgan fingerprint density at radius 2 is 1.54 bits per heavy atom. The molecule has 16 nitrogen and oxygen atoms in total. The topological polar surface area (TPSA) is 226 Å². The van der Waals surface area contributed by atoms with Crippen molar-refractivity contribution in [3.63, 3.8) is 0 Å². The van der Waals surface area contributed by atoms with Gasteiger partial charge in [0, 0.05) is 23.7 Å². The van der Waals surface area contributed by atoms with Crippen molar-refractivity contribution in [1.29, 1.82) is 0 Å². The lowest BCUT2D eigenvalue weighted by atomic mass is 9.95. The fraction of sp³-hybridized carbons (Fsp3) is 0.621. The van der Waals surface area contributed by atoms with Gasteiger partial charge in [-0.05, 0) is 25.3 Å². The van der Waals surface area contributed by atoms with Crippen LogP contribution in [0.5, 0.6) is 0 Å². The van der Waals surface area contributed by atoms with Crippen molar-refractivity contribution in [3.8, 4) is 0 Å². The van der Waals surface area contributed by atoms with Crippen molar-refractivity contribution in [2.45, 2.75) is 90.1 Å². The summed E-state index contributed by atoms with van der Waals surface area (Å²) in [5.41, 5.74) is -1.90. The SMILES string of the molecule is CCCCOC(=O)CNC(=O)[C@H](CSc1ccc([N+](=O)[O-])cc1[N+](=O)[O-])NC(=O)CC[C@H](NC(=O)C(C)(C)C)C(=O)OCCCC. The number of hydrogen-bond acceptors (Lipinski definition) is 12. The van der Waals surface area contributed by atoms with Crippen LogP contribution >= 0.6 is 11.8 Å². The highest BCUT2D eigenvalue weighted by Gasteiger charge is 2.30. The highest BCUT2D eigenvalue weighted by atomic mass is 32.2. The van der Waals surface area contributed by atoms with E-state index in [9.17, 15) is 44.2 Å². The molecule has 0 aliphatic carbocycles. The lowest BCUT2D eigenvalue weighted by molar-refractivity contribution is -0.396. The molecule has 0 aromatic heterocycles. The first-order chi connectivity index (χ1) is 21.6. The molecule has 0 saturated carbocycles. The second kappa shape index (κ2) is 20.0. The molecule has 1 aromatic rings. The van der Waals surface area contributed by atoms with Gasteiger partial charge in [0.2, 0.25) is 17.7 Å². The Bertz CT molecular complexity index is 1250. The van der Waals surface area contributed by atoms with Crippen molar-refractivity contribution < 1.29 is 43.3 Å². The van der Waals surface area contributed by atoms with Crippen LogP contribution in [0.15, 0.2) is 23.1 Å². The molecule has 256 valence electrons. The monoisotopic (exact) mass is 669 g/mol. The Morgan fingerprint density at radius 3 is 2.11 bits per heavy atom. The van der Waals surface area contributed by atoms with Crippen molar-refractivity contribution >= 4 is 52.8 Å². The molecule has 0 aliphatic rings. The third-order valence-corrected chi connectivity index (χ3v) is 7.40. The maximum atomic E-state index is 13.0. The van der Waals surface area contributed by atoms with Gasteiger partial charge in [-0.25, -0.2) is 4.79 Å². The molecular weight excluding hydrogens is 626 g/mol. The molecule has 0 fully saturated rings. The number of benzene rings is 1. The maximum absolute atomic E-state index is 13.0. The number of carbonyl (C=O) groups is 5. The first-order valence-electron chi connectivity index (χ1n) is 14.9. The summed E-state index contributed by atoms with van der Waals surface area (Å²) >= 11 is 0.790. The maximum Gasteiger partial charge on any atom is 0.328 e. The number of unbranched alkanes of at least 4 members (excludes halogenated alkanes) is 2. The van der Waals surface area contributed by atoms with Crippen LogP contribution in [0, 0.1) is 25.6 Å². The Hall–Kier alpha value is -4.28. The summed E-state index contributed by atoms with van der Waals surface area (Å²) in [6.07, 6.45) is 2.33. The van der Waals surface area contributed by atoms with Crippen LogP contribution < -0.4 is 16.0 Å². The lowest BCUT2D eigenvalue weighted by Crippen LogP contribution is -2.50. The Morgan fingerprint density at radius 1 is 0.913 bits per heavy atom. The molecule has 0 saturated heterocycles. The van der Waals surface area contributed by atoms with Gasteiger partial charge in [0.1, 0.15) is 18.6 Å². The number of amides is 3. The zero-order chi connectivity index (χ0) is 34.9. The molecule has 1 aromatic carbocycles. The Kier molecular flexibility index (Phi) is 17.3. The molecule has 0 radical (unpaired) electrons. The van der Waals surface area contributed by atoms with E-state index in [0.717, 1.165) is 42.8 Å². The zero-order valence-electron chi connectivity index (χ0n) is 26.8. The third kappa shape index (κ3) is 14.7. The number of nitrogens with zero attached hydrogens (tertiary/aromatic N) is 2. The van der Waals surface area contributed by atoms with Crippen LogP contribution in [0.3, 0.4) is 0 Å². The highest BCUT2D eigenvalue weighted by Crippen LogP contribution is 2.32. The molecular formula is C29H43N5O11S. The van der Waals surface area contributed by atoms with Crippen molar-refractivity contribution in [3.05, 3.63) is 38.4 Å². The highest BCUT2D eigenvalue weighted by molar-refractivity contribution is 7.99. The smallest absolute Gasteiger partial charge is 0.328 e. The number of nitrogens with one attached hydrogen (secondary N) is 3. The number of ether oxygens (including phenoxy) is 2. The van der Waals surface area contributed by atoms with E-state index in [0.29, 0.717) is 12.8 Å². The van der Waals surface area contributed by atoms with Crippen LogP contribution in [0.4, 0.5) is 11.4 Å². The van der Waals surface area contributed by atoms with E-state index in [2.05, 4.69) is 16.0 Å². The van der Waals surface area contributed by atoms with Gasteiger partial charge in [-0.1, -0.05) is 47.5 Å². The molecule has 0 bridgehead atoms. The minimum atomic E-state index is -1.32. The normalized spacial score (nSPS) is 12.3. The predicted octanol–water partition coefficient (Wildman–Crippen LogP) is 3.19. The van der Waals surface area contributed by atoms with Crippen LogP contribution in [-0.2, 0) is 33.4 Å². The number of carbonyl (C=O) groups excluding carboxylic acids is 5. The number of thioether (sulfide) groups is 1. The number of nitro groups is 2. The average molecular weight is 670 g/mol. The molecule has 46 heavy (non-hydrogen) atoms. The van der Waals surface area contributed by atoms with E-state index in [4.69, 9.17) is 9.47 Å². The Balaban J connectivity index is 3.10. The van der Waals surface area contributed by atoms with Gasteiger partial charge in [-0.15, -0.1) is 11.8 Å². The number of hydrogen-bond donors (Lipinski definition) is 3. The largest absolute Gasteiger partial charge is 0.464 e. The van der Waals surface area contributed by atoms with Gasteiger partial charge >= 0.3 is 11.9 Å². The van der Waals surface area contributed by atoms with Crippen LogP contribution in [0.1, 0.15) is 73.1 Å². The minimum Gasteiger partial charge on any atom is -0.464 e. The number of non-ortho nitro benzene ring substituents is 1. The quantitative estimate of drug-likeness (QED) is 0.0598. The van der Waals surface area contributed by atoms with Gasteiger partial charge in [0.25, 0.3) is 11.4 Å².